The maximum Gasteiger partial charge on any atom is 0.320 e. The summed E-state index contributed by atoms with van der Waals surface area (Å²) < 4.78 is 0. The number of aliphatic carboxylic acids is 1. The van der Waals surface area contributed by atoms with Gasteiger partial charge in [-0.05, 0) is 26.4 Å². The zero-order valence-corrected chi connectivity index (χ0v) is 8.65. The highest BCUT2D eigenvalue weighted by Crippen LogP contribution is 2.23. The Morgan fingerprint density at radius 1 is 1.36 bits per heavy atom. The summed E-state index contributed by atoms with van der Waals surface area (Å²) in [5, 5.41) is 9.09. The normalized spacial score (nSPS) is 31.4. The zero-order chi connectivity index (χ0) is 10.1. The van der Waals surface area contributed by atoms with Crippen LogP contribution >= 0.6 is 0 Å². The highest BCUT2D eigenvalue weighted by atomic mass is 16.4. The first-order valence-electron chi connectivity index (χ1n) is 5.35. The van der Waals surface area contributed by atoms with E-state index >= 15 is 0 Å². The molecular weight excluding hydrogens is 180 g/mol. The van der Waals surface area contributed by atoms with Gasteiger partial charge in [-0.25, -0.2) is 0 Å². The Labute approximate surface area is 84.5 Å². The smallest absolute Gasteiger partial charge is 0.320 e. The van der Waals surface area contributed by atoms with Crippen molar-refractivity contribution in [3.8, 4) is 0 Å². The van der Waals surface area contributed by atoms with E-state index in [0.29, 0.717) is 6.04 Å². The second-order valence-corrected chi connectivity index (χ2v) is 4.46. The fourth-order valence-corrected chi connectivity index (χ4v) is 2.53. The molecule has 0 saturated carbocycles. The summed E-state index contributed by atoms with van der Waals surface area (Å²) in [4.78, 5) is 15.5. The molecule has 14 heavy (non-hydrogen) atoms. The lowest BCUT2D eigenvalue weighted by Gasteiger charge is -2.47. The van der Waals surface area contributed by atoms with Crippen molar-refractivity contribution < 1.29 is 9.90 Å². The molecule has 0 aliphatic carbocycles. The van der Waals surface area contributed by atoms with Crippen LogP contribution in [0.25, 0.3) is 0 Å². The number of hydrogen-bond acceptors (Lipinski definition) is 3. The summed E-state index contributed by atoms with van der Waals surface area (Å²) in [6.45, 7) is 3.03. The number of rotatable bonds is 2. The Balaban J connectivity index is 1.96. The van der Waals surface area contributed by atoms with E-state index in [2.05, 4.69) is 16.8 Å². The molecular formula is C10H18N2O2. The van der Waals surface area contributed by atoms with Gasteiger partial charge in [-0.3, -0.25) is 9.69 Å². The molecule has 0 aromatic carbocycles. The first-order chi connectivity index (χ1) is 6.68. The van der Waals surface area contributed by atoms with Gasteiger partial charge in [0, 0.05) is 19.1 Å². The number of likely N-dealkylation sites (N-methyl/N-ethyl adjacent to an activating group) is 1. The average molecular weight is 198 g/mol. The molecule has 2 fully saturated rings. The number of likely N-dealkylation sites (tertiary alicyclic amines) is 2. The predicted molar refractivity (Wildman–Crippen MR) is 53.3 cm³/mol. The highest BCUT2D eigenvalue weighted by Gasteiger charge is 2.37. The van der Waals surface area contributed by atoms with Crippen LogP contribution in [0.1, 0.15) is 19.3 Å². The van der Waals surface area contributed by atoms with E-state index in [1.807, 2.05) is 0 Å². The van der Waals surface area contributed by atoms with Crippen LogP contribution in [0.2, 0.25) is 0 Å². The lowest BCUT2D eigenvalue weighted by Crippen LogP contribution is -2.62. The van der Waals surface area contributed by atoms with Gasteiger partial charge in [-0.2, -0.15) is 0 Å². The van der Waals surface area contributed by atoms with E-state index in [1.54, 1.807) is 0 Å². The van der Waals surface area contributed by atoms with Crippen molar-refractivity contribution in [1.29, 1.82) is 0 Å². The minimum atomic E-state index is -0.640. The van der Waals surface area contributed by atoms with Crippen LogP contribution in [0.15, 0.2) is 0 Å². The monoisotopic (exact) mass is 198 g/mol. The van der Waals surface area contributed by atoms with E-state index in [-0.39, 0.29) is 6.04 Å². The van der Waals surface area contributed by atoms with Crippen molar-refractivity contribution >= 4 is 5.97 Å². The summed E-state index contributed by atoms with van der Waals surface area (Å²) in [5.41, 5.74) is 0. The van der Waals surface area contributed by atoms with Crippen molar-refractivity contribution in [2.45, 2.75) is 31.3 Å². The van der Waals surface area contributed by atoms with Gasteiger partial charge in [0.05, 0.1) is 0 Å². The standard InChI is InChI=1S/C10H18N2O2/c1-11-6-8(7-11)12-5-3-2-4-9(12)10(13)14/h8-9H,2-7H2,1H3,(H,13,14). The van der Waals surface area contributed by atoms with Crippen LogP contribution in [-0.4, -0.2) is 59.6 Å². The summed E-state index contributed by atoms with van der Waals surface area (Å²) >= 11 is 0. The van der Waals surface area contributed by atoms with Gasteiger partial charge in [0.1, 0.15) is 6.04 Å². The second-order valence-electron chi connectivity index (χ2n) is 4.46. The van der Waals surface area contributed by atoms with Gasteiger partial charge < -0.3 is 10.0 Å². The molecule has 2 heterocycles. The van der Waals surface area contributed by atoms with E-state index in [1.165, 1.54) is 0 Å². The molecule has 0 spiro atoms. The van der Waals surface area contributed by atoms with E-state index in [9.17, 15) is 4.79 Å². The van der Waals surface area contributed by atoms with E-state index < -0.39 is 5.97 Å². The maximum absolute atomic E-state index is 11.0. The molecule has 0 radical (unpaired) electrons. The van der Waals surface area contributed by atoms with Crippen molar-refractivity contribution in [1.82, 2.24) is 9.80 Å². The van der Waals surface area contributed by atoms with Crippen LogP contribution in [0.5, 0.6) is 0 Å². The first kappa shape index (κ1) is 9.93. The van der Waals surface area contributed by atoms with Crippen molar-refractivity contribution in [2.75, 3.05) is 26.7 Å². The molecule has 0 aromatic heterocycles. The number of nitrogens with zero attached hydrogens (tertiary/aromatic N) is 2. The Kier molecular flexibility index (Phi) is 2.74. The van der Waals surface area contributed by atoms with Crippen molar-refractivity contribution in [3.63, 3.8) is 0 Å². The van der Waals surface area contributed by atoms with Gasteiger partial charge in [0.2, 0.25) is 0 Å². The maximum atomic E-state index is 11.0. The largest absolute Gasteiger partial charge is 0.480 e. The Morgan fingerprint density at radius 2 is 2.07 bits per heavy atom. The lowest BCUT2D eigenvalue weighted by atomic mass is 9.97. The Bertz CT molecular complexity index is 226. The number of piperidine rings is 1. The molecule has 0 aromatic rings. The molecule has 0 amide bonds. The summed E-state index contributed by atoms with van der Waals surface area (Å²) in [7, 11) is 2.08. The number of carboxylic acid groups (broad SMARTS) is 1. The third kappa shape index (κ3) is 1.77. The molecule has 0 bridgehead atoms. The minimum Gasteiger partial charge on any atom is -0.480 e. The lowest BCUT2D eigenvalue weighted by molar-refractivity contribution is -0.147. The van der Waals surface area contributed by atoms with Crippen molar-refractivity contribution in [2.24, 2.45) is 0 Å². The quantitative estimate of drug-likeness (QED) is 0.690. The first-order valence-corrected chi connectivity index (χ1v) is 5.35. The van der Waals surface area contributed by atoms with Gasteiger partial charge >= 0.3 is 5.97 Å². The van der Waals surface area contributed by atoms with Crippen LogP contribution in [0, 0.1) is 0 Å². The van der Waals surface area contributed by atoms with Gasteiger partial charge in [-0.15, -0.1) is 0 Å². The van der Waals surface area contributed by atoms with Crippen LogP contribution in [0.3, 0.4) is 0 Å². The highest BCUT2D eigenvalue weighted by molar-refractivity contribution is 5.73. The Hall–Kier alpha value is -0.610. The number of carboxylic acids is 1. The predicted octanol–water partition coefficient (Wildman–Crippen LogP) is 0.239. The minimum absolute atomic E-state index is 0.220. The summed E-state index contributed by atoms with van der Waals surface area (Å²) in [6, 6.07) is 0.267. The molecule has 4 heteroatoms. The summed E-state index contributed by atoms with van der Waals surface area (Å²) in [6.07, 6.45) is 3.05. The number of carbonyl (C=O) groups is 1. The van der Waals surface area contributed by atoms with Crippen LogP contribution in [0.4, 0.5) is 0 Å². The molecule has 2 saturated heterocycles. The second kappa shape index (κ2) is 3.87. The van der Waals surface area contributed by atoms with Gasteiger partial charge in [-0.1, -0.05) is 6.42 Å². The van der Waals surface area contributed by atoms with Crippen LogP contribution in [-0.2, 0) is 4.79 Å². The van der Waals surface area contributed by atoms with Crippen molar-refractivity contribution in [3.05, 3.63) is 0 Å². The molecule has 1 atom stereocenters. The molecule has 4 nitrogen and oxygen atoms in total. The fourth-order valence-electron chi connectivity index (χ4n) is 2.53. The molecule has 2 rings (SSSR count). The molecule has 80 valence electrons. The van der Waals surface area contributed by atoms with Crippen LogP contribution < -0.4 is 0 Å². The summed E-state index contributed by atoms with van der Waals surface area (Å²) in [5.74, 6) is -0.640. The fraction of sp³-hybridized carbons (Fsp3) is 0.900. The molecule has 1 N–H and O–H groups in total. The Morgan fingerprint density at radius 3 is 2.64 bits per heavy atom. The third-order valence-corrected chi connectivity index (χ3v) is 3.34. The molecule has 2 aliphatic heterocycles. The zero-order valence-electron chi connectivity index (χ0n) is 8.65. The topological polar surface area (TPSA) is 43.8 Å². The molecule has 1 unspecified atom stereocenters. The molecule has 2 aliphatic rings. The van der Waals surface area contributed by atoms with Gasteiger partial charge in [0.25, 0.3) is 0 Å². The third-order valence-electron chi connectivity index (χ3n) is 3.34. The average Bonchev–Trinajstić information content (AvgIpc) is 2.13. The van der Waals surface area contributed by atoms with E-state index in [4.69, 9.17) is 5.11 Å². The SMILES string of the molecule is CN1CC(N2CCCCC2C(=O)O)C1. The van der Waals surface area contributed by atoms with E-state index in [0.717, 1.165) is 38.9 Å². The van der Waals surface area contributed by atoms with Gasteiger partial charge in [0.15, 0.2) is 0 Å². The number of hydrogen-bond donors (Lipinski definition) is 1.